The first-order valence-electron chi connectivity index (χ1n) is 12.3. The Morgan fingerprint density at radius 1 is 1.11 bits per heavy atom. The minimum atomic E-state index is -3.80. The van der Waals surface area contributed by atoms with Crippen molar-refractivity contribution in [2.24, 2.45) is 0 Å². The molecule has 7 nitrogen and oxygen atoms in total. The quantitative estimate of drug-likeness (QED) is 0.308. The van der Waals surface area contributed by atoms with E-state index >= 15 is 8.78 Å². The summed E-state index contributed by atoms with van der Waals surface area (Å²) in [6.45, 7) is 0.140. The first kappa shape index (κ1) is 28.1. The number of imide groups is 1. The first-order chi connectivity index (χ1) is 17.6. The van der Waals surface area contributed by atoms with Crippen molar-refractivity contribution in [1.82, 2.24) is 15.0 Å². The van der Waals surface area contributed by atoms with Crippen LogP contribution in [0.25, 0.3) is 0 Å². The first-order valence-corrected chi connectivity index (χ1v) is 12.7. The molecule has 2 aromatic carbocycles. The predicted molar refractivity (Wildman–Crippen MR) is 157 cm³/mol. The summed E-state index contributed by atoms with van der Waals surface area (Å²) in [5, 5.41) is 1.49. The number of nitrogens with zero attached hydrogens (tertiary/aromatic N) is 2. The van der Waals surface area contributed by atoms with Crippen LogP contribution >= 0.6 is 11.6 Å². The number of carbonyl (C=O) groups is 4. The third kappa shape index (κ3) is 4.48. The zero-order valence-electron chi connectivity index (χ0n) is 22.2. The summed E-state index contributed by atoms with van der Waals surface area (Å²) in [5.74, 6) is -6.39. The van der Waals surface area contributed by atoms with Gasteiger partial charge in [-0.1, -0.05) is 46.2 Å². The highest BCUT2D eigenvalue weighted by molar-refractivity contribution is 6.59. The Kier molecular flexibility index (Phi) is 7.14. The molecule has 1 fully saturated rings. The number of halogens is 3. The van der Waals surface area contributed by atoms with E-state index < -0.39 is 29.1 Å². The van der Waals surface area contributed by atoms with Gasteiger partial charge < -0.3 is 9.71 Å². The van der Waals surface area contributed by atoms with E-state index in [2.05, 4.69) is 5.32 Å². The monoisotopic (exact) mass is 533 g/mol. The van der Waals surface area contributed by atoms with Gasteiger partial charge in [-0.05, 0) is 29.0 Å². The second kappa shape index (κ2) is 9.67. The van der Waals surface area contributed by atoms with Gasteiger partial charge in [0.25, 0.3) is 11.8 Å². The molecular weight excluding hydrogens is 509 g/mol. The van der Waals surface area contributed by atoms with Gasteiger partial charge in [-0.2, -0.15) is 8.78 Å². The molecule has 4 rings (SSSR count). The van der Waals surface area contributed by atoms with Crippen molar-refractivity contribution in [3.05, 3.63) is 51.5 Å². The number of carbonyl (C=O) groups excluding carboxylic acids is 4. The van der Waals surface area contributed by atoms with Crippen molar-refractivity contribution in [3.8, 4) is 0 Å². The van der Waals surface area contributed by atoms with Gasteiger partial charge in [0, 0.05) is 29.1 Å². The molecule has 2 aliphatic rings. The average molecular weight is 533 g/mol. The van der Waals surface area contributed by atoms with E-state index in [1.54, 1.807) is 49.6 Å². The van der Waals surface area contributed by atoms with E-state index in [1.165, 1.54) is 26.8 Å². The Hall–Kier alpha value is -2.94. The summed E-state index contributed by atoms with van der Waals surface area (Å²) < 4.78 is 31.3. The third-order valence-electron chi connectivity index (χ3n) is 7.98. The number of fused-ring (bicyclic) bond motifs is 1. The summed E-state index contributed by atoms with van der Waals surface area (Å²) in [6.07, 6.45) is 0.375. The summed E-state index contributed by atoms with van der Waals surface area (Å²) in [5.41, 5.74) is 2.41. The lowest BCUT2D eigenvalue weighted by Gasteiger charge is -2.40. The maximum Gasteiger partial charge on any atom is 0.348 e. The lowest BCUT2D eigenvalue weighted by atomic mass is 9.55. The Balaban J connectivity index is 1.62. The molecule has 0 spiro atoms. The molecule has 0 aliphatic carbocycles. The number of hydrogen-bond donors (Lipinski definition) is 1. The highest BCUT2D eigenvalue weighted by Gasteiger charge is 2.47. The molecule has 0 bridgehead atoms. The van der Waals surface area contributed by atoms with Crippen molar-refractivity contribution >= 4 is 98.8 Å². The number of amides is 4. The van der Waals surface area contributed by atoms with Crippen molar-refractivity contribution in [3.63, 3.8) is 0 Å². The van der Waals surface area contributed by atoms with Gasteiger partial charge >= 0.3 is 5.92 Å². The van der Waals surface area contributed by atoms with Crippen molar-refractivity contribution in [1.29, 1.82) is 0 Å². The normalized spacial score (nSPS) is 17.8. The molecule has 16 heteroatoms. The Morgan fingerprint density at radius 3 is 2.39 bits per heavy atom. The van der Waals surface area contributed by atoms with E-state index in [0.717, 1.165) is 4.81 Å². The van der Waals surface area contributed by atoms with Gasteiger partial charge in [-0.15, -0.1) is 0 Å². The maximum absolute atomic E-state index is 15.6. The van der Waals surface area contributed by atoms with E-state index in [-0.39, 0.29) is 42.2 Å². The van der Waals surface area contributed by atoms with Gasteiger partial charge in [0.1, 0.15) is 45.3 Å². The largest absolute Gasteiger partial charge is 0.393 e. The highest BCUT2D eigenvalue weighted by atomic mass is 35.5. The number of alkyl halides is 2. The summed E-state index contributed by atoms with van der Waals surface area (Å²) in [7, 11) is 9.43. The predicted octanol–water partition coefficient (Wildman–Crippen LogP) is -5.58. The van der Waals surface area contributed by atoms with Crippen LogP contribution in [0.15, 0.2) is 24.3 Å². The van der Waals surface area contributed by atoms with Gasteiger partial charge in [-0.25, -0.2) is 0 Å². The van der Waals surface area contributed by atoms with Crippen LogP contribution in [0.4, 0.5) is 8.78 Å². The molecule has 1 saturated heterocycles. The molecule has 190 valence electrons. The summed E-state index contributed by atoms with van der Waals surface area (Å²) >= 11 is 6.23. The van der Waals surface area contributed by atoms with Gasteiger partial charge in [0.2, 0.25) is 19.8 Å². The fraction of sp³-hybridized carbons (Fsp3) is 0.273. The molecule has 4 amide bonds. The number of piperidine rings is 1. The molecule has 38 heavy (non-hydrogen) atoms. The average Bonchev–Trinajstić information content (AvgIpc) is 3.19. The van der Waals surface area contributed by atoms with Crippen LogP contribution in [-0.4, -0.2) is 86.6 Å². The van der Waals surface area contributed by atoms with E-state index in [1.807, 2.05) is 0 Å². The zero-order chi connectivity index (χ0) is 28.3. The molecule has 2 aliphatic heterocycles. The molecular formula is C22H24B6ClF2N3O4. The van der Waals surface area contributed by atoms with E-state index in [0.29, 0.717) is 32.6 Å². The zero-order valence-corrected chi connectivity index (χ0v) is 22.9. The van der Waals surface area contributed by atoms with E-state index in [9.17, 15) is 19.2 Å². The summed E-state index contributed by atoms with van der Waals surface area (Å²) in [4.78, 5) is 52.5. The van der Waals surface area contributed by atoms with Crippen LogP contribution in [0.3, 0.4) is 0 Å². The van der Waals surface area contributed by atoms with Gasteiger partial charge in [0.15, 0.2) is 0 Å². The van der Waals surface area contributed by atoms with Crippen LogP contribution in [0.1, 0.15) is 39.9 Å². The van der Waals surface area contributed by atoms with E-state index in [4.69, 9.17) is 11.6 Å². The smallest absolute Gasteiger partial charge is 0.348 e. The number of hydrogen-bond acceptors (Lipinski definition) is 4. The summed E-state index contributed by atoms with van der Waals surface area (Å²) in [6, 6.07) is 5.43. The number of benzene rings is 2. The lowest BCUT2D eigenvalue weighted by molar-refractivity contribution is -0.155. The fourth-order valence-electron chi connectivity index (χ4n) is 5.10. The topological polar surface area (TPSA) is 86.8 Å². The number of rotatable bonds is 5. The second-order valence-electron chi connectivity index (χ2n) is 10.6. The van der Waals surface area contributed by atoms with Crippen LogP contribution in [0.2, 0.25) is 5.02 Å². The molecule has 0 saturated carbocycles. The Labute approximate surface area is 229 Å². The van der Waals surface area contributed by atoms with Gasteiger partial charge in [-0.3, -0.25) is 24.5 Å². The molecule has 2 heterocycles. The van der Waals surface area contributed by atoms with Crippen LogP contribution in [-0.2, 0) is 32.2 Å². The molecule has 1 N–H and O–H groups in total. The molecule has 2 aromatic rings. The standard InChI is InChI=1S/C22H24B6ClF2N3O4/c23-12-6-11(15(24)16(25)17(12)29)21(30,31)20(38)34(28)22(26,27)9-1-2-10-8(5-9)7-33(19(10)37)13-3-4-14(35)32-18(13)36/h1-2,5-6,13H,3-4,7,23-28H2,(H,32,35,36). The van der Waals surface area contributed by atoms with Gasteiger partial charge in [0.05, 0.1) is 0 Å². The highest BCUT2D eigenvalue weighted by Crippen LogP contribution is 2.34. The molecule has 0 aromatic heterocycles. The van der Waals surface area contributed by atoms with Crippen LogP contribution in [0.5, 0.6) is 0 Å². The van der Waals surface area contributed by atoms with Crippen LogP contribution < -0.4 is 21.7 Å². The minimum absolute atomic E-state index is 0.140. The Bertz CT molecular complexity index is 1410. The second-order valence-corrected chi connectivity index (χ2v) is 11.0. The minimum Gasteiger partial charge on any atom is -0.393 e. The fourth-order valence-corrected chi connectivity index (χ4v) is 5.30. The Morgan fingerprint density at radius 2 is 1.76 bits per heavy atom. The molecule has 1 atom stereocenters. The lowest BCUT2D eigenvalue weighted by Crippen LogP contribution is -2.55. The van der Waals surface area contributed by atoms with Crippen molar-refractivity contribution < 1.29 is 28.0 Å². The van der Waals surface area contributed by atoms with Crippen molar-refractivity contribution in [2.45, 2.75) is 36.7 Å². The SMILES string of the molecule is Bc1cc(C(F)(F)C(=O)N(B)C(B)(B)c2ccc3c(c2)CN(C2CCC(=O)NC2=O)C3=O)c(B)c(B)c1Cl. The molecule has 1 unspecified atom stereocenters. The van der Waals surface area contributed by atoms with Crippen molar-refractivity contribution in [2.75, 3.05) is 0 Å². The third-order valence-corrected chi connectivity index (χ3v) is 8.56. The van der Waals surface area contributed by atoms with Crippen LogP contribution in [0, 0.1) is 0 Å². The maximum atomic E-state index is 15.6. The molecule has 0 radical (unpaired) electrons. The number of nitrogens with one attached hydrogen (secondary N) is 1.